The lowest BCUT2D eigenvalue weighted by Crippen LogP contribution is -2.10. The number of hydrogen-bond acceptors (Lipinski definition) is 5. The summed E-state index contributed by atoms with van der Waals surface area (Å²) in [6, 6.07) is 6.77. The Kier molecular flexibility index (Phi) is 2.71. The van der Waals surface area contributed by atoms with Crippen LogP contribution in [-0.2, 0) is 6.54 Å². The number of furan rings is 1. The summed E-state index contributed by atoms with van der Waals surface area (Å²) in [5.41, 5.74) is 0.0900. The summed E-state index contributed by atoms with van der Waals surface area (Å²) in [6.45, 7) is -0.0783. The van der Waals surface area contributed by atoms with Gasteiger partial charge >= 0.3 is 0 Å². The molecule has 82 valence electrons. The zero-order chi connectivity index (χ0) is 12.3. The van der Waals surface area contributed by atoms with Crippen LogP contribution in [0.4, 0.5) is 0 Å². The van der Waals surface area contributed by atoms with Gasteiger partial charge in [-0.05, 0) is 12.1 Å². The SMILES string of the molecule is N#Cc1ncn(CC(=O)c2ccco2)c1C#N. The third-order valence-electron chi connectivity index (χ3n) is 2.16. The molecule has 6 nitrogen and oxygen atoms in total. The smallest absolute Gasteiger partial charge is 0.217 e. The summed E-state index contributed by atoms with van der Waals surface area (Å²) >= 11 is 0. The Morgan fingerprint density at radius 3 is 2.88 bits per heavy atom. The zero-order valence-electron chi connectivity index (χ0n) is 8.62. The first-order chi connectivity index (χ1) is 8.26. The van der Waals surface area contributed by atoms with E-state index in [2.05, 4.69) is 4.98 Å². The molecule has 0 saturated heterocycles. The normalized spacial score (nSPS) is 9.53. The van der Waals surface area contributed by atoms with Crippen LogP contribution in [-0.4, -0.2) is 15.3 Å². The molecule has 0 bridgehead atoms. The van der Waals surface area contributed by atoms with Crippen LogP contribution in [0.15, 0.2) is 29.1 Å². The maximum atomic E-state index is 11.7. The molecular weight excluding hydrogens is 220 g/mol. The number of rotatable bonds is 3. The van der Waals surface area contributed by atoms with Gasteiger partial charge in [0, 0.05) is 0 Å². The molecular formula is C11H6N4O2. The van der Waals surface area contributed by atoms with Crippen LogP contribution in [0, 0.1) is 22.7 Å². The van der Waals surface area contributed by atoms with Crippen LogP contribution in [0.25, 0.3) is 0 Å². The van der Waals surface area contributed by atoms with Gasteiger partial charge in [0.05, 0.1) is 19.1 Å². The lowest BCUT2D eigenvalue weighted by Gasteiger charge is -2.00. The molecule has 6 heteroatoms. The minimum Gasteiger partial charge on any atom is -0.461 e. The molecule has 0 aliphatic carbocycles. The third kappa shape index (κ3) is 1.92. The molecule has 0 unspecified atom stereocenters. The second-order valence-corrected chi connectivity index (χ2v) is 3.19. The van der Waals surface area contributed by atoms with E-state index in [-0.39, 0.29) is 29.5 Å². The fraction of sp³-hybridized carbons (Fsp3) is 0.0909. The minimum atomic E-state index is -0.284. The van der Waals surface area contributed by atoms with Gasteiger partial charge in [0.25, 0.3) is 0 Å². The lowest BCUT2D eigenvalue weighted by atomic mass is 10.3. The summed E-state index contributed by atoms with van der Waals surface area (Å²) in [5, 5.41) is 17.6. The number of Topliss-reactive ketones (excluding diaryl/α,β-unsaturated/α-hetero) is 1. The van der Waals surface area contributed by atoms with Gasteiger partial charge in [-0.3, -0.25) is 4.79 Å². The fourth-order valence-corrected chi connectivity index (χ4v) is 1.37. The topological polar surface area (TPSA) is 95.6 Å². The van der Waals surface area contributed by atoms with Gasteiger partial charge in [0.2, 0.25) is 5.78 Å². The Morgan fingerprint density at radius 2 is 2.29 bits per heavy atom. The van der Waals surface area contributed by atoms with Crippen molar-refractivity contribution in [2.75, 3.05) is 0 Å². The Labute approximate surface area is 96.3 Å². The van der Waals surface area contributed by atoms with Crippen LogP contribution in [0.2, 0.25) is 0 Å². The number of imidazole rings is 1. The summed E-state index contributed by atoms with van der Waals surface area (Å²) in [7, 11) is 0. The summed E-state index contributed by atoms with van der Waals surface area (Å²) < 4.78 is 6.27. The lowest BCUT2D eigenvalue weighted by molar-refractivity contribution is 0.0944. The summed E-state index contributed by atoms with van der Waals surface area (Å²) in [5.74, 6) is -0.0745. The molecule has 0 aliphatic heterocycles. The first kappa shape index (κ1) is 10.7. The van der Waals surface area contributed by atoms with Crippen molar-refractivity contribution in [3.05, 3.63) is 41.9 Å². The van der Waals surface area contributed by atoms with Crippen molar-refractivity contribution >= 4 is 5.78 Å². The average Bonchev–Trinajstić information content (AvgIpc) is 2.97. The molecule has 2 heterocycles. The van der Waals surface area contributed by atoms with Crippen LogP contribution >= 0.6 is 0 Å². The highest BCUT2D eigenvalue weighted by atomic mass is 16.3. The van der Waals surface area contributed by atoms with E-state index in [0.29, 0.717) is 0 Å². The van der Waals surface area contributed by atoms with Gasteiger partial charge in [-0.25, -0.2) is 4.98 Å². The first-order valence-electron chi connectivity index (χ1n) is 4.68. The maximum Gasteiger partial charge on any atom is 0.217 e. The van der Waals surface area contributed by atoms with Crippen LogP contribution in [0.1, 0.15) is 21.9 Å². The summed E-state index contributed by atoms with van der Waals surface area (Å²) in [4.78, 5) is 15.4. The van der Waals surface area contributed by atoms with E-state index in [1.165, 1.54) is 23.2 Å². The highest BCUT2D eigenvalue weighted by Crippen LogP contribution is 2.08. The third-order valence-corrected chi connectivity index (χ3v) is 2.16. The second kappa shape index (κ2) is 4.33. The van der Waals surface area contributed by atoms with Gasteiger partial charge in [-0.2, -0.15) is 10.5 Å². The predicted molar refractivity (Wildman–Crippen MR) is 54.7 cm³/mol. The molecule has 0 radical (unpaired) electrons. The van der Waals surface area contributed by atoms with Crippen molar-refractivity contribution in [1.29, 1.82) is 10.5 Å². The molecule has 17 heavy (non-hydrogen) atoms. The number of aromatic nitrogens is 2. The number of carbonyl (C=O) groups excluding carboxylic acids is 1. The fourth-order valence-electron chi connectivity index (χ4n) is 1.37. The molecule has 0 atom stereocenters. The van der Waals surface area contributed by atoms with Gasteiger partial charge in [-0.1, -0.05) is 0 Å². The van der Waals surface area contributed by atoms with Crippen LogP contribution in [0.3, 0.4) is 0 Å². The molecule has 0 amide bonds. The first-order valence-corrected chi connectivity index (χ1v) is 4.68. The van der Waals surface area contributed by atoms with Crippen LogP contribution < -0.4 is 0 Å². The molecule has 2 aromatic rings. The Balaban J connectivity index is 2.27. The molecule has 2 rings (SSSR count). The minimum absolute atomic E-state index is 0.0137. The molecule has 2 aromatic heterocycles. The highest BCUT2D eigenvalue weighted by Gasteiger charge is 2.15. The highest BCUT2D eigenvalue weighted by molar-refractivity contribution is 5.93. The zero-order valence-corrected chi connectivity index (χ0v) is 8.62. The average molecular weight is 226 g/mol. The van der Waals surface area contributed by atoms with Gasteiger partial charge in [0.1, 0.15) is 12.1 Å². The maximum absolute atomic E-state index is 11.7. The van der Waals surface area contributed by atoms with E-state index >= 15 is 0 Å². The molecule has 0 aliphatic rings. The standard InChI is InChI=1S/C11H6N4O2/c12-4-8-9(5-13)15(7-14-8)6-10(16)11-2-1-3-17-11/h1-3,7H,6H2. The number of ketones is 1. The molecule has 0 aromatic carbocycles. The van der Waals surface area contributed by atoms with Crippen molar-refractivity contribution in [2.24, 2.45) is 0 Å². The van der Waals surface area contributed by atoms with E-state index in [1.807, 2.05) is 6.07 Å². The Morgan fingerprint density at radius 1 is 1.47 bits per heavy atom. The number of nitriles is 2. The van der Waals surface area contributed by atoms with Gasteiger partial charge in [-0.15, -0.1) is 0 Å². The van der Waals surface area contributed by atoms with Crippen molar-refractivity contribution in [3.63, 3.8) is 0 Å². The Hall–Kier alpha value is -2.86. The molecule has 0 fully saturated rings. The van der Waals surface area contributed by atoms with E-state index in [0.717, 1.165) is 0 Å². The van der Waals surface area contributed by atoms with E-state index < -0.39 is 0 Å². The van der Waals surface area contributed by atoms with Crippen molar-refractivity contribution < 1.29 is 9.21 Å². The van der Waals surface area contributed by atoms with Crippen molar-refractivity contribution in [1.82, 2.24) is 9.55 Å². The number of nitrogens with zero attached hydrogens (tertiary/aromatic N) is 4. The largest absolute Gasteiger partial charge is 0.461 e. The van der Waals surface area contributed by atoms with E-state index in [1.54, 1.807) is 12.1 Å². The number of hydrogen-bond donors (Lipinski definition) is 0. The monoisotopic (exact) mass is 226 g/mol. The second-order valence-electron chi connectivity index (χ2n) is 3.19. The molecule has 0 spiro atoms. The van der Waals surface area contributed by atoms with Crippen molar-refractivity contribution in [2.45, 2.75) is 6.54 Å². The number of carbonyl (C=O) groups is 1. The van der Waals surface area contributed by atoms with Gasteiger partial charge < -0.3 is 8.98 Å². The Bertz CT molecular complexity index is 625. The van der Waals surface area contributed by atoms with E-state index in [9.17, 15) is 4.79 Å². The van der Waals surface area contributed by atoms with Gasteiger partial charge in [0.15, 0.2) is 17.1 Å². The predicted octanol–water partition coefficient (Wildman–Crippen LogP) is 1.10. The summed E-state index contributed by atoms with van der Waals surface area (Å²) in [6.07, 6.45) is 2.69. The quantitative estimate of drug-likeness (QED) is 0.730. The van der Waals surface area contributed by atoms with Crippen molar-refractivity contribution in [3.8, 4) is 12.1 Å². The molecule has 0 saturated carbocycles. The molecule has 0 N–H and O–H groups in total. The van der Waals surface area contributed by atoms with E-state index in [4.69, 9.17) is 14.9 Å². The van der Waals surface area contributed by atoms with Crippen LogP contribution in [0.5, 0.6) is 0 Å².